The van der Waals surface area contributed by atoms with Crippen LogP contribution in [0.1, 0.15) is 5.56 Å². The standard InChI is InChI=1S/C21H12F3N5O2/c22-21(23,24)31-17-7-5-15(6-8-17)28-12-10-19(30)20(27-28)18-9-11-26-29(18)16-3-1-14(13-25)2-4-16/h1-12H. The van der Waals surface area contributed by atoms with Gasteiger partial charge in [0.2, 0.25) is 5.43 Å². The zero-order valence-corrected chi connectivity index (χ0v) is 15.6. The lowest BCUT2D eigenvalue weighted by atomic mass is 10.2. The molecule has 0 aliphatic carbocycles. The first-order valence-corrected chi connectivity index (χ1v) is 8.85. The van der Waals surface area contributed by atoms with Crippen molar-refractivity contribution in [3.8, 4) is 34.6 Å². The Morgan fingerprint density at radius 2 is 1.61 bits per heavy atom. The smallest absolute Gasteiger partial charge is 0.406 e. The van der Waals surface area contributed by atoms with Crippen molar-refractivity contribution in [3.63, 3.8) is 0 Å². The van der Waals surface area contributed by atoms with Crippen LogP contribution in [0.4, 0.5) is 13.2 Å². The number of rotatable bonds is 4. The molecule has 0 saturated heterocycles. The molecule has 7 nitrogen and oxygen atoms in total. The molecule has 4 rings (SSSR count). The molecule has 0 fully saturated rings. The van der Waals surface area contributed by atoms with E-state index < -0.39 is 6.36 Å². The Morgan fingerprint density at radius 3 is 2.26 bits per heavy atom. The summed E-state index contributed by atoms with van der Waals surface area (Å²) in [5, 5.41) is 17.5. The Morgan fingerprint density at radius 1 is 0.935 bits per heavy atom. The minimum absolute atomic E-state index is 0.0972. The van der Waals surface area contributed by atoms with E-state index in [1.54, 1.807) is 30.3 Å². The van der Waals surface area contributed by atoms with Gasteiger partial charge < -0.3 is 4.74 Å². The number of benzene rings is 2. The molecule has 0 aliphatic rings. The number of ether oxygens (including phenoxy) is 1. The summed E-state index contributed by atoms with van der Waals surface area (Å²) in [6.45, 7) is 0. The van der Waals surface area contributed by atoms with E-state index >= 15 is 0 Å². The summed E-state index contributed by atoms with van der Waals surface area (Å²) < 4.78 is 43.8. The van der Waals surface area contributed by atoms with Crippen LogP contribution < -0.4 is 10.2 Å². The number of aromatic nitrogens is 4. The van der Waals surface area contributed by atoms with Gasteiger partial charge in [-0.1, -0.05) is 0 Å². The molecule has 0 aliphatic heterocycles. The van der Waals surface area contributed by atoms with Crippen LogP contribution in [0.15, 0.2) is 77.9 Å². The fourth-order valence-corrected chi connectivity index (χ4v) is 2.89. The van der Waals surface area contributed by atoms with E-state index in [9.17, 15) is 18.0 Å². The van der Waals surface area contributed by atoms with E-state index in [0.29, 0.717) is 22.6 Å². The summed E-state index contributed by atoms with van der Waals surface area (Å²) in [6, 6.07) is 16.7. The lowest BCUT2D eigenvalue weighted by Gasteiger charge is -2.11. The molecule has 2 aromatic heterocycles. The van der Waals surface area contributed by atoms with Crippen LogP contribution >= 0.6 is 0 Å². The number of alkyl halides is 3. The monoisotopic (exact) mass is 423 g/mol. The minimum atomic E-state index is -4.78. The molecular weight excluding hydrogens is 411 g/mol. The van der Waals surface area contributed by atoms with Gasteiger partial charge in [-0.05, 0) is 54.6 Å². The van der Waals surface area contributed by atoms with Crippen LogP contribution in [0.3, 0.4) is 0 Å². The van der Waals surface area contributed by atoms with Crippen molar-refractivity contribution >= 4 is 0 Å². The largest absolute Gasteiger partial charge is 0.573 e. The average Bonchev–Trinajstić information content (AvgIpc) is 3.23. The molecule has 154 valence electrons. The second-order valence-electron chi connectivity index (χ2n) is 6.30. The highest BCUT2D eigenvalue weighted by Gasteiger charge is 2.31. The van der Waals surface area contributed by atoms with Gasteiger partial charge in [-0.3, -0.25) is 4.79 Å². The third kappa shape index (κ3) is 4.30. The third-order valence-electron chi connectivity index (χ3n) is 4.27. The molecule has 0 atom stereocenters. The average molecular weight is 423 g/mol. The van der Waals surface area contributed by atoms with Crippen molar-refractivity contribution in [1.82, 2.24) is 19.6 Å². The van der Waals surface area contributed by atoms with Crippen LogP contribution in [0.5, 0.6) is 5.75 Å². The van der Waals surface area contributed by atoms with Gasteiger partial charge in [0.25, 0.3) is 0 Å². The van der Waals surface area contributed by atoms with E-state index in [-0.39, 0.29) is 16.9 Å². The van der Waals surface area contributed by atoms with Crippen molar-refractivity contribution in [3.05, 3.63) is 88.8 Å². The Bertz CT molecular complexity index is 1320. The Balaban J connectivity index is 1.71. The highest BCUT2D eigenvalue weighted by atomic mass is 19.4. The molecular formula is C21H12F3N5O2. The van der Waals surface area contributed by atoms with E-state index in [0.717, 1.165) is 12.1 Å². The molecule has 0 unspecified atom stereocenters. The number of hydrogen-bond acceptors (Lipinski definition) is 5. The van der Waals surface area contributed by atoms with Gasteiger partial charge in [-0.25, -0.2) is 9.36 Å². The van der Waals surface area contributed by atoms with Crippen molar-refractivity contribution in [2.24, 2.45) is 0 Å². The molecule has 0 N–H and O–H groups in total. The van der Waals surface area contributed by atoms with Gasteiger partial charge in [0.05, 0.1) is 34.9 Å². The van der Waals surface area contributed by atoms with Crippen molar-refractivity contribution in [1.29, 1.82) is 5.26 Å². The van der Waals surface area contributed by atoms with E-state index in [4.69, 9.17) is 5.26 Å². The van der Waals surface area contributed by atoms with Gasteiger partial charge in [0.15, 0.2) is 5.69 Å². The summed E-state index contributed by atoms with van der Waals surface area (Å²) in [7, 11) is 0. The SMILES string of the molecule is N#Cc1ccc(-n2nccc2-c2nn(-c3ccc(OC(F)(F)F)cc3)ccc2=O)cc1. The highest BCUT2D eigenvalue weighted by Crippen LogP contribution is 2.24. The van der Waals surface area contributed by atoms with Crippen LogP contribution in [0.2, 0.25) is 0 Å². The highest BCUT2D eigenvalue weighted by molar-refractivity contribution is 5.57. The maximum atomic E-state index is 12.5. The number of nitriles is 1. The van der Waals surface area contributed by atoms with Crippen molar-refractivity contribution < 1.29 is 17.9 Å². The lowest BCUT2D eigenvalue weighted by Crippen LogP contribution is -2.17. The molecule has 2 aromatic carbocycles. The first-order valence-electron chi connectivity index (χ1n) is 8.85. The Labute approximate surface area is 173 Å². The number of halogens is 3. The number of hydrogen-bond donors (Lipinski definition) is 0. The number of nitrogens with zero attached hydrogens (tertiary/aromatic N) is 5. The van der Waals surface area contributed by atoms with Crippen molar-refractivity contribution in [2.45, 2.75) is 6.36 Å². The van der Waals surface area contributed by atoms with E-state index in [2.05, 4.69) is 14.9 Å². The van der Waals surface area contributed by atoms with E-state index in [1.807, 2.05) is 6.07 Å². The second-order valence-corrected chi connectivity index (χ2v) is 6.30. The lowest BCUT2D eigenvalue weighted by molar-refractivity contribution is -0.274. The molecule has 0 bridgehead atoms. The molecule has 2 heterocycles. The third-order valence-corrected chi connectivity index (χ3v) is 4.27. The molecule has 31 heavy (non-hydrogen) atoms. The maximum absolute atomic E-state index is 12.5. The molecule has 0 saturated carbocycles. The van der Waals surface area contributed by atoms with Gasteiger partial charge >= 0.3 is 6.36 Å². The predicted molar refractivity (Wildman–Crippen MR) is 104 cm³/mol. The van der Waals surface area contributed by atoms with E-state index in [1.165, 1.54) is 40.0 Å². The normalized spacial score (nSPS) is 11.2. The van der Waals surface area contributed by atoms with Gasteiger partial charge in [0.1, 0.15) is 5.75 Å². The van der Waals surface area contributed by atoms with Crippen LogP contribution in [-0.4, -0.2) is 25.9 Å². The Kier molecular flexibility index (Phi) is 5.00. The topological polar surface area (TPSA) is 85.7 Å². The Hall–Kier alpha value is -4.39. The molecule has 10 heteroatoms. The first kappa shape index (κ1) is 19.9. The van der Waals surface area contributed by atoms with Crippen molar-refractivity contribution in [2.75, 3.05) is 0 Å². The maximum Gasteiger partial charge on any atom is 0.573 e. The predicted octanol–water partition coefficient (Wildman–Crippen LogP) is 3.86. The zero-order chi connectivity index (χ0) is 22.0. The summed E-state index contributed by atoms with van der Waals surface area (Å²) >= 11 is 0. The zero-order valence-electron chi connectivity index (χ0n) is 15.6. The van der Waals surface area contributed by atoms with Gasteiger partial charge in [-0.2, -0.15) is 15.5 Å². The fraction of sp³-hybridized carbons (Fsp3) is 0.0476. The molecule has 0 radical (unpaired) electrons. The minimum Gasteiger partial charge on any atom is -0.406 e. The summed E-state index contributed by atoms with van der Waals surface area (Å²) in [5.41, 5.74) is 1.70. The summed E-state index contributed by atoms with van der Waals surface area (Å²) in [5.74, 6) is -0.364. The quantitative estimate of drug-likeness (QED) is 0.498. The first-order chi connectivity index (χ1) is 14.8. The molecule has 0 amide bonds. The van der Waals surface area contributed by atoms with Crippen LogP contribution in [0.25, 0.3) is 22.8 Å². The van der Waals surface area contributed by atoms with Gasteiger partial charge in [-0.15, -0.1) is 13.2 Å². The van der Waals surface area contributed by atoms with Gasteiger partial charge in [0, 0.05) is 12.3 Å². The van der Waals surface area contributed by atoms with Crippen LogP contribution in [0, 0.1) is 11.3 Å². The summed E-state index contributed by atoms with van der Waals surface area (Å²) in [6.07, 6.45) is -1.86. The molecule has 0 spiro atoms. The van der Waals surface area contributed by atoms with Crippen LogP contribution in [-0.2, 0) is 0 Å². The molecule has 4 aromatic rings. The fourth-order valence-electron chi connectivity index (χ4n) is 2.89. The second kappa shape index (κ2) is 7.79. The summed E-state index contributed by atoms with van der Waals surface area (Å²) in [4.78, 5) is 12.5.